The van der Waals surface area contributed by atoms with E-state index in [2.05, 4.69) is 26.0 Å². The highest BCUT2D eigenvalue weighted by molar-refractivity contribution is 9.10. The van der Waals surface area contributed by atoms with E-state index < -0.39 is 10.0 Å². The van der Waals surface area contributed by atoms with E-state index in [0.717, 1.165) is 10.0 Å². The van der Waals surface area contributed by atoms with Gasteiger partial charge in [0.1, 0.15) is 10.6 Å². The van der Waals surface area contributed by atoms with Gasteiger partial charge in [0.15, 0.2) is 0 Å². The largest absolute Gasteiger partial charge is 0.495 e. The number of ether oxygens (including phenoxy) is 1. The molecule has 3 aromatic rings. The zero-order valence-electron chi connectivity index (χ0n) is 16.3. The molecule has 0 heterocycles. The van der Waals surface area contributed by atoms with Crippen LogP contribution in [0.1, 0.15) is 15.9 Å². The number of benzene rings is 3. The van der Waals surface area contributed by atoms with E-state index in [-0.39, 0.29) is 22.1 Å². The molecule has 0 saturated carbocycles. The minimum absolute atomic E-state index is 0.108. The number of rotatable bonds is 8. The molecule has 0 unspecified atom stereocenters. The van der Waals surface area contributed by atoms with Gasteiger partial charge < -0.3 is 10.1 Å². The molecule has 0 saturated heterocycles. The van der Waals surface area contributed by atoms with E-state index in [1.165, 1.54) is 25.3 Å². The van der Waals surface area contributed by atoms with Crippen molar-refractivity contribution in [1.29, 1.82) is 0 Å². The van der Waals surface area contributed by atoms with Gasteiger partial charge in [-0.05, 0) is 54.4 Å². The molecule has 0 fully saturated rings. The molecule has 2 N–H and O–H groups in total. The lowest BCUT2D eigenvalue weighted by Crippen LogP contribution is -2.26. The third-order valence-electron chi connectivity index (χ3n) is 4.35. The Morgan fingerprint density at radius 2 is 1.70 bits per heavy atom. The van der Waals surface area contributed by atoms with Crippen LogP contribution in [0.4, 0.5) is 5.69 Å². The maximum atomic E-state index is 12.9. The van der Waals surface area contributed by atoms with Gasteiger partial charge in [-0.1, -0.05) is 46.3 Å². The van der Waals surface area contributed by atoms with Gasteiger partial charge in [-0.25, -0.2) is 8.42 Å². The van der Waals surface area contributed by atoms with Crippen LogP contribution in [0.25, 0.3) is 0 Å². The number of methoxy groups -OCH3 is 1. The van der Waals surface area contributed by atoms with E-state index in [0.29, 0.717) is 18.7 Å². The number of halogens is 1. The van der Waals surface area contributed by atoms with Gasteiger partial charge in [0.05, 0.1) is 7.11 Å². The first kappa shape index (κ1) is 21.9. The molecule has 0 aliphatic heterocycles. The smallest absolute Gasteiger partial charge is 0.265 e. The number of nitrogens with one attached hydrogen (secondary N) is 2. The summed E-state index contributed by atoms with van der Waals surface area (Å²) in [5.74, 6) is -0.200. The minimum Gasteiger partial charge on any atom is -0.495 e. The fourth-order valence-electron chi connectivity index (χ4n) is 2.82. The molecule has 156 valence electrons. The minimum atomic E-state index is -3.96. The van der Waals surface area contributed by atoms with Crippen LogP contribution < -0.4 is 14.8 Å². The average Bonchev–Trinajstić information content (AvgIpc) is 2.75. The molecule has 0 radical (unpaired) electrons. The molecule has 1 amide bonds. The molecule has 3 aromatic carbocycles. The molecule has 0 aliphatic rings. The lowest BCUT2D eigenvalue weighted by molar-refractivity contribution is 0.0954. The van der Waals surface area contributed by atoms with Crippen LogP contribution in [0.15, 0.2) is 82.2 Å². The summed E-state index contributed by atoms with van der Waals surface area (Å²) < 4.78 is 34.4. The van der Waals surface area contributed by atoms with Crippen LogP contribution in [-0.4, -0.2) is 28.0 Å². The summed E-state index contributed by atoms with van der Waals surface area (Å²) >= 11 is 3.31. The second-order valence-electron chi connectivity index (χ2n) is 6.47. The SMILES string of the molecule is COc1ccc(C(=O)NCCc2ccccc2)cc1S(=O)(=O)Nc1ccc(Br)cc1. The van der Waals surface area contributed by atoms with Gasteiger partial charge in [0.25, 0.3) is 15.9 Å². The predicted molar refractivity (Wildman–Crippen MR) is 120 cm³/mol. The number of hydrogen-bond donors (Lipinski definition) is 2. The molecule has 3 rings (SSSR count). The summed E-state index contributed by atoms with van der Waals surface area (Å²) in [5, 5.41) is 2.82. The molecular weight excluding hydrogens is 468 g/mol. The summed E-state index contributed by atoms with van der Waals surface area (Å²) in [6, 6.07) is 20.8. The molecule has 30 heavy (non-hydrogen) atoms. The fourth-order valence-corrected chi connectivity index (χ4v) is 4.34. The Kier molecular flexibility index (Phi) is 7.12. The highest BCUT2D eigenvalue weighted by Crippen LogP contribution is 2.27. The predicted octanol–water partition coefficient (Wildman–Crippen LogP) is 4.23. The van der Waals surface area contributed by atoms with Crippen molar-refractivity contribution in [3.63, 3.8) is 0 Å². The van der Waals surface area contributed by atoms with Crippen molar-refractivity contribution in [3.8, 4) is 5.75 Å². The van der Waals surface area contributed by atoms with Crippen molar-refractivity contribution < 1.29 is 17.9 Å². The first-order valence-electron chi connectivity index (χ1n) is 9.17. The lowest BCUT2D eigenvalue weighted by atomic mass is 10.1. The Bertz CT molecular complexity index is 1120. The Balaban J connectivity index is 1.76. The van der Waals surface area contributed by atoms with E-state index in [1.807, 2.05) is 30.3 Å². The number of carbonyl (C=O) groups excluding carboxylic acids is 1. The lowest BCUT2D eigenvalue weighted by Gasteiger charge is -2.13. The quantitative estimate of drug-likeness (QED) is 0.496. The monoisotopic (exact) mass is 488 g/mol. The zero-order valence-corrected chi connectivity index (χ0v) is 18.7. The first-order chi connectivity index (χ1) is 14.4. The molecular formula is C22H21BrN2O4S. The van der Waals surface area contributed by atoms with E-state index >= 15 is 0 Å². The van der Waals surface area contributed by atoms with Gasteiger partial charge in [0, 0.05) is 22.3 Å². The molecule has 0 aromatic heterocycles. The molecule has 0 spiro atoms. The third kappa shape index (κ3) is 5.61. The second kappa shape index (κ2) is 9.77. The first-order valence-corrected chi connectivity index (χ1v) is 11.5. The fraction of sp³-hybridized carbons (Fsp3) is 0.136. The van der Waals surface area contributed by atoms with E-state index in [4.69, 9.17) is 4.74 Å². The van der Waals surface area contributed by atoms with Gasteiger partial charge in [-0.3, -0.25) is 9.52 Å². The van der Waals surface area contributed by atoms with Gasteiger partial charge in [-0.2, -0.15) is 0 Å². The Labute approximate surface area is 184 Å². The summed E-state index contributed by atoms with van der Waals surface area (Å²) in [7, 11) is -2.58. The van der Waals surface area contributed by atoms with Gasteiger partial charge >= 0.3 is 0 Å². The van der Waals surface area contributed by atoms with Crippen LogP contribution in [0.3, 0.4) is 0 Å². The van der Waals surface area contributed by atoms with Crippen molar-refractivity contribution in [2.75, 3.05) is 18.4 Å². The van der Waals surface area contributed by atoms with Crippen molar-refractivity contribution in [2.45, 2.75) is 11.3 Å². The molecule has 0 atom stereocenters. The van der Waals surface area contributed by atoms with Crippen LogP contribution in [0.5, 0.6) is 5.75 Å². The Morgan fingerprint density at radius 1 is 1.00 bits per heavy atom. The standard InChI is InChI=1S/C22H21BrN2O4S/c1-29-20-12-7-17(22(26)24-14-13-16-5-3-2-4-6-16)15-21(20)30(27,28)25-19-10-8-18(23)9-11-19/h2-12,15,25H,13-14H2,1H3,(H,24,26). The normalized spacial score (nSPS) is 11.0. The molecule has 0 bridgehead atoms. The van der Waals surface area contributed by atoms with Crippen molar-refractivity contribution >= 4 is 37.5 Å². The van der Waals surface area contributed by atoms with Crippen molar-refractivity contribution in [1.82, 2.24) is 5.32 Å². The highest BCUT2D eigenvalue weighted by Gasteiger charge is 2.22. The average molecular weight is 489 g/mol. The molecule has 0 aliphatic carbocycles. The van der Waals surface area contributed by atoms with Crippen molar-refractivity contribution in [3.05, 3.63) is 88.4 Å². The Morgan fingerprint density at radius 3 is 2.37 bits per heavy atom. The summed E-state index contributed by atoms with van der Waals surface area (Å²) in [4.78, 5) is 12.4. The van der Waals surface area contributed by atoms with Crippen molar-refractivity contribution in [2.24, 2.45) is 0 Å². The summed E-state index contributed by atoms with van der Waals surface area (Å²) in [5.41, 5.74) is 1.74. The molecule has 8 heteroatoms. The van der Waals surface area contributed by atoms with Gasteiger partial charge in [-0.15, -0.1) is 0 Å². The van der Waals surface area contributed by atoms with E-state index in [1.54, 1.807) is 24.3 Å². The maximum Gasteiger partial charge on any atom is 0.265 e. The second-order valence-corrected chi connectivity index (χ2v) is 9.04. The van der Waals surface area contributed by atoms with E-state index in [9.17, 15) is 13.2 Å². The number of amides is 1. The zero-order chi connectivity index (χ0) is 21.6. The summed E-state index contributed by atoms with van der Waals surface area (Å²) in [6.45, 7) is 0.439. The number of hydrogen-bond acceptors (Lipinski definition) is 4. The third-order valence-corrected chi connectivity index (χ3v) is 6.28. The Hall–Kier alpha value is -2.84. The number of anilines is 1. The highest BCUT2D eigenvalue weighted by atomic mass is 79.9. The van der Waals surface area contributed by atoms with Gasteiger partial charge in [0.2, 0.25) is 0 Å². The van der Waals surface area contributed by atoms with Crippen LogP contribution in [-0.2, 0) is 16.4 Å². The number of sulfonamides is 1. The van der Waals surface area contributed by atoms with Crippen LogP contribution in [0, 0.1) is 0 Å². The molecule has 6 nitrogen and oxygen atoms in total. The number of carbonyl (C=O) groups is 1. The van der Waals surface area contributed by atoms with Crippen LogP contribution in [0.2, 0.25) is 0 Å². The van der Waals surface area contributed by atoms with Crippen LogP contribution >= 0.6 is 15.9 Å². The maximum absolute atomic E-state index is 12.9. The topological polar surface area (TPSA) is 84.5 Å². The summed E-state index contributed by atoms with van der Waals surface area (Å²) in [6.07, 6.45) is 0.680.